The lowest BCUT2D eigenvalue weighted by atomic mass is 9.94. The lowest BCUT2D eigenvalue weighted by Crippen LogP contribution is -2.46. The number of hydrogen-bond donors (Lipinski definition) is 2. The summed E-state index contributed by atoms with van der Waals surface area (Å²) in [4.78, 5) is 4.76. The Morgan fingerprint density at radius 1 is 1.29 bits per heavy atom. The first-order chi connectivity index (χ1) is 13.5. The van der Waals surface area contributed by atoms with Gasteiger partial charge < -0.3 is 19.9 Å². The molecule has 0 aliphatic carbocycles. The lowest BCUT2D eigenvalue weighted by Gasteiger charge is -2.25. The molecule has 1 fully saturated rings. The normalized spacial score (nSPS) is 19.4. The van der Waals surface area contributed by atoms with Crippen molar-refractivity contribution >= 4 is 5.96 Å². The molecule has 0 amide bonds. The molecule has 1 aliphatic heterocycles. The molecule has 0 bridgehead atoms. The van der Waals surface area contributed by atoms with Gasteiger partial charge in [-0.05, 0) is 32.3 Å². The highest BCUT2D eigenvalue weighted by molar-refractivity contribution is 5.80. The van der Waals surface area contributed by atoms with Gasteiger partial charge in [0.2, 0.25) is 0 Å². The summed E-state index contributed by atoms with van der Waals surface area (Å²) >= 11 is 0. The Kier molecular flexibility index (Phi) is 7.03. The molecule has 152 valence electrons. The number of ether oxygens (including phenoxy) is 1. The first kappa shape index (κ1) is 20.3. The summed E-state index contributed by atoms with van der Waals surface area (Å²) in [5.74, 6) is 2.87. The third-order valence-electron chi connectivity index (χ3n) is 5.52. The van der Waals surface area contributed by atoms with Crippen LogP contribution in [0.2, 0.25) is 0 Å². The maximum Gasteiger partial charge on any atom is 0.192 e. The summed E-state index contributed by atoms with van der Waals surface area (Å²) in [6.45, 7) is 8.45. The predicted molar refractivity (Wildman–Crippen MR) is 111 cm³/mol. The van der Waals surface area contributed by atoms with E-state index in [2.05, 4.69) is 58.9 Å². The molecule has 0 radical (unpaired) electrons. The monoisotopic (exact) mass is 384 g/mol. The van der Waals surface area contributed by atoms with Crippen molar-refractivity contribution in [2.45, 2.75) is 58.2 Å². The average Bonchev–Trinajstić information content (AvgIpc) is 3.35. The number of aryl methyl sites for hydroxylation is 1. The van der Waals surface area contributed by atoms with Crippen LogP contribution in [0.4, 0.5) is 0 Å². The highest BCUT2D eigenvalue weighted by Gasteiger charge is 2.19. The molecule has 3 rings (SSSR count). The average molecular weight is 385 g/mol. The second-order valence-corrected chi connectivity index (χ2v) is 7.54. The number of aromatic nitrogens is 3. The van der Waals surface area contributed by atoms with Crippen LogP contribution in [0, 0.1) is 6.92 Å². The van der Waals surface area contributed by atoms with E-state index in [1.165, 1.54) is 5.56 Å². The number of guanidine groups is 1. The number of nitrogens with zero attached hydrogens (tertiary/aromatic N) is 4. The van der Waals surface area contributed by atoms with Crippen LogP contribution < -0.4 is 10.6 Å². The first-order valence-electron chi connectivity index (χ1n) is 10.1. The Balaban J connectivity index is 1.67. The molecule has 7 nitrogen and oxygen atoms in total. The summed E-state index contributed by atoms with van der Waals surface area (Å²) in [5, 5.41) is 15.3. The summed E-state index contributed by atoms with van der Waals surface area (Å²) in [7, 11) is 1.97. The van der Waals surface area contributed by atoms with E-state index in [4.69, 9.17) is 9.73 Å². The van der Waals surface area contributed by atoms with Gasteiger partial charge in [0.25, 0.3) is 0 Å². The van der Waals surface area contributed by atoms with Crippen molar-refractivity contribution in [1.82, 2.24) is 25.4 Å². The van der Waals surface area contributed by atoms with Crippen LogP contribution in [0.1, 0.15) is 49.8 Å². The Labute approximate surface area is 167 Å². The van der Waals surface area contributed by atoms with Gasteiger partial charge in [-0.3, -0.25) is 0 Å². The molecule has 2 aromatic rings. The van der Waals surface area contributed by atoms with Crippen LogP contribution in [-0.2, 0) is 18.3 Å². The molecule has 3 atom stereocenters. The molecular weight excluding hydrogens is 352 g/mol. The van der Waals surface area contributed by atoms with Crippen molar-refractivity contribution in [3.8, 4) is 0 Å². The zero-order chi connectivity index (χ0) is 19.9. The van der Waals surface area contributed by atoms with Gasteiger partial charge in [-0.15, -0.1) is 10.2 Å². The number of rotatable bonds is 7. The third-order valence-corrected chi connectivity index (χ3v) is 5.52. The second kappa shape index (κ2) is 9.68. The molecule has 3 unspecified atom stereocenters. The Hall–Kier alpha value is -2.41. The quantitative estimate of drug-likeness (QED) is 0.567. The zero-order valence-electron chi connectivity index (χ0n) is 17.4. The van der Waals surface area contributed by atoms with Crippen molar-refractivity contribution < 1.29 is 4.74 Å². The summed E-state index contributed by atoms with van der Waals surface area (Å²) in [6, 6.07) is 10.8. The number of aliphatic imine (C=N–C) groups is 1. The maximum absolute atomic E-state index is 5.74. The van der Waals surface area contributed by atoms with Crippen molar-refractivity contribution in [3.05, 3.63) is 47.5 Å². The molecule has 1 saturated heterocycles. The van der Waals surface area contributed by atoms with Crippen LogP contribution in [-0.4, -0.2) is 46.0 Å². The highest BCUT2D eigenvalue weighted by Crippen LogP contribution is 2.18. The van der Waals surface area contributed by atoms with Gasteiger partial charge in [0.05, 0.1) is 6.10 Å². The number of hydrogen-bond acceptors (Lipinski definition) is 4. The first-order valence-corrected chi connectivity index (χ1v) is 10.1. The Morgan fingerprint density at radius 3 is 2.71 bits per heavy atom. The van der Waals surface area contributed by atoms with E-state index in [-0.39, 0.29) is 12.1 Å². The number of nitrogens with one attached hydrogen (secondary N) is 2. The number of benzene rings is 1. The van der Waals surface area contributed by atoms with Gasteiger partial charge in [0.1, 0.15) is 12.4 Å². The van der Waals surface area contributed by atoms with Crippen molar-refractivity contribution in [2.75, 3.05) is 13.2 Å². The van der Waals surface area contributed by atoms with Gasteiger partial charge in [-0.2, -0.15) is 0 Å². The standard InChI is InChI=1S/C21H32N6O/c1-15(18-9-6-5-7-10-18)16(2)24-21(22-13-19-11-8-12-28-19)23-14-20-26-25-17(3)27(20)4/h5-7,9-10,15-16,19H,8,11-14H2,1-4H3,(H2,22,23,24). The minimum Gasteiger partial charge on any atom is -0.376 e. The maximum atomic E-state index is 5.74. The van der Waals surface area contributed by atoms with E-state index in [1.54, 1.807) is 0 Å². The van der Waals surface area contributed by atoms with Gasteiger partial charge in [0, 0.05) is 32.2 Å². The molecule has 0 spiro atoms. The van der Waals surface area contributed by atoms with Crippen LogP contribution in [0.25, 0.3) is 0 Å². The molecule has 2 N–H and O–H groups in total. The van der Waals surface area contributed by atoms with E-state index in [0.29, 0.717) is 12.5 Å². The van der Waals surface area contributed by atoms with Gasteiger partial charge in [-0.1, -0.05) is 37.3 Å². The summed E-state index contributed by atoms with van der Waals surface area (Å²) in [6.07, 6.45) is 2.48. The fraction of sp³-hybridized carbons (Fsp3) is 0.571. The summed E-state index contributed by atoms with van der Waals surface area (Å²) < 4.78 is 7.71. The molecule has 1 aromatic carbocycles. The molecule has 7 heteroatoms. The second-order valence-electron chi connectivity index (χ2n) is 7.54. The Morgan fingerprint density at radius 2 is 2.07 bits per heavy atom. The van der Waals surface area contributed by atoms with E-state index in [9.17, 15) is 0 Å². The molecular formula is C21H32N6O. The molecule has 0 saturated carbocycles. The van der Waals surface area contributed by atoms with Gasteiger partial charge >= 0.3 is 0 Å². The largest absolute Gasteiger partial charge is 0.376 e. The van der Waals surface area contributed by atoms with Crippen molar-refractivity contribution in [1.29, 1.82) is 0 Å². The fourth-order valence-electron chi connectivity index (χ4n) is 3.29. The smallest absolute Gasteiger partial charge is 0.192 e. The van der Waals surface area contributed by atoms with Crippen molar-refractivity contribution in [2.24, 2.45) is 12.0 Å². The van der Waals surface area contributed by atoms with Crippen LogP contribution in [0.15, 0.2) is 35.3 Å². The fourth-order valence-corrected chi connectivity index (χ4v) is 3.29. The van der Waals surface area contributed by atoms with Crippen LogP contribution in [0.5, 0.6) is 0 Å². The molecule has 1 aromatic heterocycles. The van der Waals surface area contributed by atoms with Crippen molar-refractivity contribution in [3.63, 3.8) is 0 Å². The van der Waals surface area contributed by atoms with E-state index in [1.807, 2.05) is 24.6 Å². The third kappa shape index (κ3) is 5.32. The molecule has 2 heterocycles. The Bertz CT molecular complexity index is 766. The van der Waals surface area contributed by atoms with Crippen LogP contribution in [0.3, 0.4) is 0 Å². The molecule has 28 heavy (non-hydrogen) atoms. The van der Waals surface area contributed by atoms with Gasteiger partial charge in [-0.25, -0.2) is 4.99 Å². The van der Waals surface area contributed by atoms with E-state index < -0.39 is 0 Å². The molecule has 1 aliphatic rings. The van der Waals surface area contributed by atoms with E-state index in [0.717, 1.165) is 43.6 Å². The topological polar surface area (TPSA) is 76.4 Å². The zero-order valence-corrected chi connectivity index (χ0v) is 17.4. The SMILES string of the molecule is Cc1nnc(CN=C(NCC2CCCO2)NC(C)C(C)c2ccccc2)n1C. The van der Waals surface area contributed by atoms with Gasteiger partial charge in [0.15, 0.2) is 11.8 Å². The van der Waals surface area contributed by atoms with Crippen LogP contribution >= 0.6 is 0 Å². The van der Waals surface area contributed by atoms with E-state index >= 15 is 0 Å². The minimum atomic E-state index is 0.222. The lowest BCUT2D eigenvalue weighted by molar-refractivity contribution is 0.113. The predicted octanol–water partition coefficient (Wildman–Crippen LogP) is 2.53. The summed E-state index contributed by atoms with van der Waals surface area (Å²) in [5.41, 5.74) is 1.31. The highest BCUT2D eigenvalue weighted by atomic mass is 16.5. The minimum absolute atomic E-state index is 0.222.